The summed E-state index contributed by atoms with van der Waals surface area (Å²) < 4.78 is 26.3. The molecule has 0 aromatic carbocycles. The first-order valence-corrected chi connectivity index (χ1v) is 9.00. The van der Waals surface area contributed by atoms with Crippen LogP contribution < -0.4 is 4.90 Å². The van der Waals surface area contributed by atoms with Crippen molar-refractivity contribution in [1.82, 2.24) is 15.1 Å². The van der Waals surface area contributed by atoms with Gasteiger partial charge in [0.1, 0.15) is 11.8 Å². The number of halogens is 2. The maximum atomic E-state index is 15.3. The average Bonchev–Trinajstić information content (AvgIpc) is 2.56. The smallest absolute Gasteiger partial charge is 0.411 e. The monoisotopic (exact) mass is 386 g/mol. The largest absolute Gasteiger partial charge is 0.444 e. The Labute approximate surface area is 157 Å². The minimum atomic E-state index is -1.30. The lowest BCUT2D eigenvalue weighted by atomic mass is 9.88. The molecule has 3 rings (SSSR count). The number of carbonyl (C=O) groups excluding carboxylic acids is 1. The zero-order valence-electron chi connectivity index (χ0n) is 15.4. The summed E-state index contributed by atoms with van der Waals surface area (Å²) in [6, 6.07) is 1.94. The summed E-state index contributed by atoms with van der Waals surface area (Å²) in [6.07, 6.45) is -1.38. The van der Waals surface area contributed by atoms with Crippen LogP contribution >= 0.6 is 11.6 Å². The second-order valence-electron chi connectivity index (χ2n) is 7.72. The molecule has 4 atom stereocenters. The summed E-state index contributed by atoms with van der Waals surface area (Å²) in [6.45, 7) is 5.89. The molecule has 144 valence electrons. The third-order valence-corrected chi connectivity index (χ3v) is 4.88. The van der Waals surface area contributed by atoms with Crippen LogP contribution in [0.25, 0.3) is 0 Å². The zero-order valence-corrected chi connectivity index (χ0v) is 16.1. The quantitative estimate of drug-likeness (QED) is 0.778. The summed E-state index contributed by atoms with van der Waals surface area (Å²) in [7, 11) is 1.77. The fourth-order valence-corrected chi connectivity index (χ4v) is 3.59. The number of aromatic nitrogens is 2. The van der Waals surface area contributed by atoms with E-state index in [9.17, 15) is 4.79 Å². The fraction of sp³-hybridized carbons (Fsp3) is 0.706. The SMILES string of the molecule is CN(c1ccc(Cl)nn1)[C@@H]1CC2COC[C@@H]([C@@H]1F)N2C(=O)OC(C)(C)C. The van der Waals surface area contributed by atoms with Gasteiger partial charge in [-0.25, -0.2) is 9.18 Å². The minimum Gasteiger partial charge on any atom is -0.444 e. The molecule has 1 amide bonds. The van der Waals surface area contributed by atoms with Crippen LogP contribution in [0.2, 0.25) is 5.15 Å². The third kappa shape index (κ3) is 3.86. The molecule has 1 aromatic heterocycles. The number of ether oxygens (including phenoxy) is 2. The van der Waals surface area contributed by atoms with Crippen LogP contribution in [0.15, 0.2) is 12.1 Å². The molecule has 2 aliphatic heterocycles. The Morgan fingerprint density at radius 1 is 1.38 bits per heavy atom. The van der Waals surface area contributed by atoms with Crippen LogP contribution in [0.3, 0.4) is 0 Å². The van der Waals surface area contributed by atoms with Gasteiger partial charge in [0, 0.05) is 7.05 Å². The third-order valence-electron chi connectivity index (χ3n) is 4.68. The van der Waals surface area contributed by atoms with E-state index in [0.29, 0.717) is 18.8 Å². The van der Waals surface area contributed by atoms with E-state index in [0.717, 1.165) is 0 Å². The highest BCUT2D eigenvalue weighted by molar-refractivity contribution is 6.29. The molecule has 2 fully saturated rings. The highest BCUT2D eigenvalue weighted by atomic mass is 35.5. The van der Waals surface area contributed by atoms with Crippen LogP contribution in [-0.2, 0) is 9.47 Å². The van der Waals surface area contributed by atoms with E-state index in [1.165, 1.54) is 4.90 Å². The lowest BCUT2D eigenvalue weighted by Crippen LogP contribution is -2.68. The fourth-order valence-electron chi connectivity index (χ4n) is 3.49. The van der Waals surface area contributed by atoms with E-state index in [1.807, 2.05) is 0 Å². The van der Waals surface area contributed by atoms with Gasteiger partial charge in [0.25, 0.3) is 0 Å². The maximum absolute atomic E-state index is 15.3. The van der Waals surface area contributed by atoms with Gasteiger partial charge in [-0.15, -0.1) is 10.2 Å². The van der Waals surface area contributed by atoms with Crippen molar-refractivity contribution in [2.24, 2.45) is 0 Å². The van der Waals surface area contributed by atoms with Crippen molar-refractivity contribution < 1.29 is 18.7 Å². The summed E-state index contributed by atoms with van der Waals surface area (Å²) in [4.78, 5) is 15.9. The van der Waals surface area contributed by atoms with Crippen molar-refractivity contribution in [3.63, 3.8) is 0 Å². The second-order valence-corrected chi connectivity index (χ2v) is 8.11. The van der Waals surface area contributed by atoms with Crippen LogP contribution in [0, 0.1) is 0 Å². The highest BCUT2D eigenvalue weighted by Crippen LogP contribution is 2.34. The van der Waals surface area contributed by atoms with E-state index in [1.54, 1.807) is 44.9 Å². The standard InChI is InChI=1S/C17H24ClFN4O3/c1-17(2,3)26-16(24)23-10-7-11(15(19)12(23)9-25-8-10)22(4)14-6-5-13(18)20-21-14/h5-6,10-12,15H,7-9H2,1-4H3/t10?,11-,12+,15-/m1/s1. The first-order valence-electron chi connectivity index (χ1n) is 8.62. The Kier molecular flexibility index (Phi) is 5.25. The molecule has 9 heteroatoms. The van der Waals surface area contributed by atoms with Crippen molar-refractivity contribution in [2.45, 2.75) is 57.1 Å². The van der Waals surface area contributed by atoms with Crippen LogP contribution in [-0.4, -0.2) is 71.4 Å². The topological polar surface area (TPSA) is 67.8 Å². The van der Waals surface area contributed by atoms with Crippen LogP contribution in [0.5, 0.6) is 0 Å². The molecule has 1 unspecified atom stereocenters. The minimum absolute atomic E-state index is 0.146. The molecule has 26 heavy (non-hydrogen) atoms. The number of hydrogen-bond acceptors (Lipinski definition) is 6. The molecule has 1 aromatic rings. The van der Waals surface area contributed by atoms with E-state index in [2.05, 4.69) is 10.2 Å². The van der Waals surface area contributed by atoms with Crippen molar-refractivity contribution >= 4 is 23.5 Å². The van der Waals surface area contributed by atoms with Gasteiger partial charge in [-0.2, -0.15) is 0 Å². The number of nitrogens with zero attached hydrogens (tertiary/aromatic N) is 4. The Bertz CT molecular complexity index is 654. The van der Waals surface area contributed by atoms with Gasteiger partial charge in [0.15, 0.2) is 11.0 Å². The van der Waals surface area contributed by atoms with E-state index < -0.39 is 29.9 Å². The summed E-state index contributed by atoms with van der Waals surface area (Å²) in [5.74, 6) is 0.534. The lowest BCUT2D eigenvalue weighted by Gasteiger charge is -2.51. The Morgan fingerprint density at radius 3 is 2.73 bits per heavy atom. The molecule has 2 bridgehead atoms. The van der Waals surface area contributed by atoms with Crippen molar-refractivity contribution in [2.75, 3.05) is 25.2 Å². The molecule has 7 nitrogen and oxygen atoms in total. The number of morpholine rings is 1. The first kappa shape index (κ1) is 19.1. The first-order chi connectivity index (χ1) is 12.2. The molecular weight excluding hydrogens is 363 g/mol. The van der Waals surface area contributed by atoms with Crippen molar-refractivity contribution in [3.05, 3.63) is 17.3 Å². The van der Waals surface area contributed by atoms with Gasteiger partial charge in [0.2, 0.25) is 0 Å². The van der Waals surface area contributed by atoms with Gasteiger partial charge in [0.05, 0.1) is 31.3 Å². The molecular formula is C17H24ClFN4O3. The summed E-state index contributed by atoms with van der Waals surface area (Å²) in [5, 5.41) is 8.12. The molecule has 0 saturated carbocycles. The maximum Gasteiger partial charge on any atom is 0.411 e. The molecule has 2 aliphatic rings. The van der Waals surface area contributed by atoms with Gasteiger partial charge < -0.3 is 14.4 Å². The predicted molar refractivity (Wildman–Crippen MR) is 95.2 cm³/mol. The molecule has 0 N–H and O–H groups in total. The summed E-state index contributed by atoms with van der Waals surface area (Å²) in [5.41, 5.74) is -0.634. The number of anilines is 1. The normalized spacial score (nSPS) is 28.6. The zero-order chi connectivity index (χ0) is 19.1. The number of alkyl halides is 1. The highest BCUT2D eigenvalue weighted by Gasteiger charge is 2.50. The summed E-state index contributed by atoms with van der Waals surface area (Å²) >= 11 is 5.77. The molecule has 0 radical (unpaired) electrons. The Balaban J connectivity index is 1.79. The Morgan fingerprint density at radius 2 is 2.12 bits per heavy atom. The van der Waals surface area contributed by atoms with Crippen molar-refractivity contribution in [3.8, 4) is 0 Å². The number of piperidine rings is 1. The predicted octanol–water partition coefficient (Wildman–Crippen LogP) is 2.68. The number of fused-ring (bicyclic) bond motifs is 2. The van der Waals surface area contributed by atoms with E-state index in [-0.39, 0.29) is 17.8 Å². The average molecular weight is 387 g/mol. The van der Waals surface area contributed by atoms with E-state index >= 15 is 4.39 Å². The molecule has 0 aliphatic carbocycles. The number of carbonyl (C=O) groups is 1. The van der Waals surface area contributed by atoms with Crippen LogP contribution in [0.4, 0.5) is 15.0 Å². The lowest BCUT2D eigenvalue weighted by molar-refractivity contribution is -0.107. The number of rotatable bonds is 2. The van der Waals surface area contributed by atoms with Gasteiger partial charge in [-0.1, -0.05) is 11.6 Å². The van der Waals surface area contributed by atoms with Gasteiger partial charge in [-0.3, -0.25) is 4.90 Å². The number of hydrogen-bond donors (Lipinski definition) is 0. The van der Waals surface area contributed by atoms with Gasteiger partial charge >= 0.3 is 6.09 Å². The Hall–Kier alpha value is -1.67. The van der Waals surface area contributed by atoms with E-state index in [4.69, 9.17) is 21.1 Å². The van der Waals surface area contributed by atoms with Crippen molar-refractivity contribution in [1.29, 1.82) is 0 Å². The molecule has 2 saturated heterocycles. The molecule has 3 heterocycles. The second kappa shape index (κ2) is 7.15. The van der Waals surface area contributed by atoms with Gasteiger partial charge in [-0.05, 0) is 39.3 Å². The number of amides is 1. The molecule has 0 spiro atoms. The van der Waals surface area contributed by atoms with Crippen LogP contribution in [0.1, 0.15) is 27.2 Å².